The highest BCUT2D eigenvalue weighted by atomic mass is 16.5. The third-order valence-electron chi connectivity index (χ3n) is 5.21. The molecule has 0 radical (unpaired) electrons. The van der Waals surface area contributed by atoms with Gasteiger partial charge < -0.3 is 14.9 Å². The number of carbonyl (C=O) groups excluding carboxylic acids is 1. The predicted molar refractivity (Wildman–Crippen MR) is 103 cm³/mol. The average molecular weight is 371 g/mol. The van der Waals surface area contributed by atoms with Gasteiger partial charge in [0.25, 0.3) is 5.91 Å². The van der Waals surface area contributed by atoms with E-state index in [9.17, 15) is 9.90 Å². The number of aliphatic hydroxyl groups excluding tert-OH is 1. The molecule has 0 unspecified atom stereocenters. The van der Waals surface area contributed by atoms with E-state index in [4.69, 9.17) is 4.52 Å². The molecule has 0 aliphatic carbocycles. The molecular weight excluding hydrogens is 342 g/mol. The maximum Gasteiger partial charge on any atom is 0.273 e. The number of hydrogen-bond acceptors (Lipinski definition) is 5. The number of aromatic nitrogens is 1. The van der Waals surface area contributed by atoms with Gasteiger partial charge in [-0.25, -0.2) is 0 Å². The number of benzene rings is 1. The summed E-state index contributed by atoms with van der Waals surface area (Å²) in [4.78, 5) is 14.4. The number of hydrogen-bond donors (Lipinski definition) is 2. The minimum Gasteiger partial charge on any atom is -0.391 e. The first-order chi connectivity index (χ1) is 13.1. The Bertz CT molecular complexity index is 708. The molecule has 27 heavy (non-hydrogen) atoms. The van der Waals surface area contributed by atoms with Gasteiger partial charge in [-0.05, 0) is 50.3 Å². The summed E-state index contributed by atoms with van der Waals surface area (Å²) in [6, 6.07) is 12.4. The van der Waals surface area contributed by atoms with Crippen LogP contribution >= 0.6 is 0 Å². The molecule has 1 aromatic carbocycles. The lowest BCUT2D eigenvalue weighted by Crippen LogP contribution is -2.33. The fourth-order valence-electron chi connectivity index (χ4n) is 3.46. The van der Waals surface area contributed by atoms with E-state index >= 15 is 0 Å². The largest absolute Gasteiger partial charge is 0.391 e. The average Bonchev–Trinajstić information content (AvgIpc) is 3.17. The van der Waals surface area contributed by atoms with Crippen molar-refractivity contribution >= 4 is 5.91 Å². The van der Waals surface area contributed by atoms with E-state index in [1.165, 1.54) is 18.4 Å². The van der Waals surface area contributed by atoms with E-state index in [-0.39, 0.29) is 18.1 Å². The molecule has 6 heteroatoms. The van der Waals surface area contributed by atoms with Gasteiger partial charge in [-0.3, -0.25) is 9.69 Å². The molecule has 1 atom stereocenters. The lowest BCUT2D eigenvalue weighted by atomic mass is 9.90. The van der Waals surface area contributed by atoms with Gasteiger partial charge in [0.1, 0.15) is 0 Å². The van der Waals surface area contributed by atoms with Crippen LogP contribution in [0, 0.1) is 5.92 Å². The first-order valence-corrected chi connectivity index (χ1v) is 9.82. The number of rotatable bonds is 8. The molecule has 1 aliphatic heterocycles. The van der Waals surface area contributed by atoms with Crippen LogP contribution in [0.15, 0.2) is 40.9 Å². The van der Waals surface area contributed by atoms with E-state index in [0.29, 0.717) is 18.7 Å². The van der Waals surface area contributed by atoms with Crippen molar-refractivity contribution in [2.24, 2.45) is 5.92 Å². The Labute approximate surface area is 160 Å². The predicted octanol–water partition coefficient (Wildman–Crippen LogP) is 2.63. The Balaban J connectivity index is 1.43. The van der Waals surface area contributed by atoms with E-state index in [1.54, 1.807) is 6.07 Å². The van der Waals surface area contributed by atoms with Crippen LogP contribution in [-0.2, 0) is 13.0 Å². The fraction of sp³-hybridized carbons (Fsp3) is 0.524. The van der Waals surface area contributed by atoms with E-state index in [2.05, 4.69) is 45.7 Å². The summed E-state index contributed by atoms with van der Waals surface area (Å²) in [5.41, 5.74) is 1.68. The maximum absolute atomic E-state index is 12.0. The molecule has 1 saturated heterocycles. The van der Waals surface area contributed by atoms with Gasteiger partial charge in [-0.2, -0.15) is 0 Å². The number of aliphatic hydroxyl groups is 1. The van der Waals surface area contributed by atoms with Gasteiger partial charge in [-0.1, -0.05) is 42.4 Å². The molecular formula is C21H29N3O3. The molecule has 2 heterocycles. The second-order valence-corrected chi connectivity index (χ2v) is 7.36. The number of carbonyl (C=O) groups is 1. The third-order valence-corrected chi connectivity index (χ3v) is 5.21. The van der Waals surface area contributed by atoms with Crippen molar-refractivity contribution in [3.05, 3.63) is 53.4 Å². The first-order valence-electron chi connectivity index (χ1n) is 9.82. The highest BCUT2D eigenvalue weighted by Crippen LogP contribution is 2.23. The van der Waals surface area contributed by atoms with Crippen molar-refractivity contribution in [2.45, 2.75) is 45.3 Å². The van der Waals surface area contributed by atoms with Crippen molar-refractivity contribution in [1.82, 2.24) is 15.4 Å². The standard InChI is InChI=1S/C21H29N3O3/c1-2-18(25)14-22-21(26)20-13-19(27-23-20)15-24-10-8-17(9-11-24)12-16-6-4-3-5-7-16/h3-7,13,17-18,25H,2,8-12,14-15H2,1H3,(H,22,26)/t18-/m0/s1. The molecule has 0 spiro atoms. The van der Waals surface area contributed by atoms with Crippen molar-refractivity contribution in [3.63, 3.8) is 0 Å². The molecule has 1 aliphatic rings. The van der Waals surface area contributed by atoms with Crippen molar-refractivity contribution in [2.75, 3.05) is 19.6 Å². The third kappa shape index (κ3) is 5.91. The number of amides is 1. The molecule has 2 aromatic rings. The number of nitrogens with zero attached hydrogens (tertiary/aromatic N) is 2. The summed E-state index contributed by atoms with van der Waals surface area (Å²) in [6.45, 7) is 4.83. The van der Waals surface area contributed by atoms with Crippen LogP contribution in [0.2, 0.25) is 0 Å². The smallest absolute Gasteiger partial charge is 0.273 e. The first kappa shape index (κ1) is 19.6. The Morgan fingerprint density at radius 1 is 1.33 bits per heavy atom. The zero-order valence-corrected chi connectivity index (χ0v) is 15.9. The lowest BCUT2D eigenvalue weighted by molar-refractivity contribution is 0.0904. The Morgan fingerprint density at radius 2 is 2.07 bits per heavy atom. The van der Waals surface area contributed by atoms with Crippen molar-refractivity contribution in [3.8, 4) is 0 Å². The van der Waals surface area contributed by atoms with Gasteiger partial charge >= 0.3 is 0 Å². The fourth-order valence-corrected chi connectivity index (χ4v) is 3.46. The zero-order chi connectivity index (χ0) is 19.1. The number of piperidine rings is 1. The summed E-state index contributed by atoms with van der Waals surface area (Å²) >= 11 is 0. The van der Waals surface area contributed by atoms with E-state index in [1.807, 2.05) is 6.92 Å². The van der Waals surface area contributed by atoms with Crippen LogP contribution in [0.5, 0.6) is 0 Å². The second kappa shape index (κ2) is 9.67. The molecule has 0 bridgehead atoms. The van der Waals surface area contributed by atoms with Crippen LogP contribution in [0.3, 0.4) is 0 Å². The number of nitrogens with one attached hydrogen (secondary N) is 1. The van der Waals surface area contributed by atoms with Crippen molar-refractivity contribution in [1.29, 1.82) is 0 Å². The van der Waals surface area contributed by atoms with Crippen LogP contribution < -0.4 is 5.32 Å². The van der Waals surface area contributed by atoms with E-state index < -0.39 is 6.10 Å². The van der Waals surface area contributed by atoms with Crippen LogP contribution in [0.1, 0.15) is 48.0 Å². The van der Waals surface area contributed by atoms with Gasteiger partial charge in [0.05, 0.1) is 12.6 Å². The molecule has 1 aromatic heterocycles. The minimum absolute atomic E-state index is 0.229. The van der Waals surface area contributed by atoms with Gasteiger partial charge in [0, 0.05) is 12.6 Å². The molecule has 0 saturated carbocycles. The van der Waals surface area contributed by atoms with Crippen molar-refractivity contribution < 1.29 is 14.4 Å². The maximum atomic E-state index is 12.0. The van der Waals surface area contributed by atoms with Crippen LogP contribution in [0.4, 0.5) is 0 Å². The summed E-state index contributed by atoms with van der Waals surface area (Å²) in [5, 5.41) is 16.1. The summed E-state index contributed by atoms with van der Waals surface area (Å²) in [7, 11) is 0. The highest BCUT2D eigenvalue weighted by molar-refractivity contribution is 5.92. The number of likely N-dealkylation sites (tertiary alicyclic amines) is 1. The zero-order valence-electron chi connectivity index (χ0n) is 15.9. The Hall–Kier alpha value is -2.18. The Kier molecular flexibility index (Phi) is 7.01. The Morgan fingerprint density at radius 3 is 2.78 bits per heavy atom. The van der Waals surface area contributed by atoms with Gasteiger partial charge in [-0.15, -0.1) is 0 Å². The molecule has 146 valence electrons. The topological polar surface area (TPSA) is 78.6 Å². The summed E-state index contributed by atoms with van der Waals surface area (Å²) in [6.07, 6.45) is 3.56. The normalized spacial score (nSPS) is 17.0. The quantitative estimate of drug-likeness (QED) is 0.746. The molecule has 1 fully saturated rings. The molecule has 6 nitrogen and oxygen atoms in total. The highest BCUT2D eigenvalue weighted by Gasteiger charge is 2.21. The van der Waals surface area contributed by atoms with Gasteiger partial charge in [0.15, 0.2) is 11.5 Å². The molecule has 1 amide bonds. The van der Waals surface area contributed by atoms with Crippen LogP contribution in [-0.4, -0.2) is 46.8 Å². The molecule has 3 rings (SSSR count). The second-order valence-electron chi connectivity index (χ2n) is 7.36. The monoisotopic (exact) mass is 371 g/mol. The van der Waals surface area contributed by atoms with E-state index in [0.717, 1.165) is 25.4 Å². The van der Waals surface area contributed by atoms with Crippen LogP contribution in [0.25, 0.3) is 0 Å². The summed E-state index contributed by atoms with van der Waals surface area (Å²) < 4.78 is 5.33. The minimum atomic E-state index is -0.530. The van der Waals surface area contributed by atoms with Gasteiger partial charge in [0.2, 0.25) is 0 Å². The molecule has 2 N–H and O–H groups in total. The lowest BCUT2D eigenvalue weighted by Gasteiger charge is -2.31. The SMILES string of the molecule is CC[C@H](O)CNC(=O)c1cc(CN2CCC(Cc3ccccc3)CC2)on1. The summed E-state index contributed by atoms with van der Waals surface area (Å²) in [5.74, 6) is 1.13.